The summed E-state index contributed by atoms with van der Waals surface area (Å²) in [6.07, 6.45) is 3.43. The molecule has 3 heteroatoms. The highest BCUT2D eigenvalue weighted by Crippen LogP contribution is 2.30. The number of rotatable bonds is 9. The third-order valence-corrected chi connectivity index (χ3v) is 3.51. The number of likely N-dealkylation sites (N-methyl/N-ethyl adjacent to an activating group) is 1. The molecule has 0 fully saturated rings. The molecule has 1 aromatic rings. The van der Waals surface area contributed by atoms with Crippen molar-refractivity contribution < 1.29 is 9.47 Å². The van der Waals surface area contributed by atoms with E-state index < -0.39 is 0 Å². The van der Waals surface area contributed by atoms with Gasteiger partial charge in [0.2, 0.25) is 0 Å². The predicted molar refractivity (Wildman–Crippen MR) is 84.8 cm³/mol. The van der Waals surface area contributed by atoms with Crippen molar-refractivity contribution in [2.75, 3.05) is 13.7 Å². The van der Waals surface area contributed by atoms with Gasteiger partial charge >= 0.3 is 0 Å². The SMILES string of the molecule is CCCC(NCC)C(CC)Oc1ccc(C)cc1OC. The molecule has 0 aliphatic carbocycles. The lowest BCUT2D eigenvalue weighted by atomic mass is 10.0. The van der Waals surface area contributed by atoms with Crippen molar-refractivity contribution in [2.45, 2.75) is 59.1 Å². The topological polar surface area (TPSA) is 30.5 Å². The zero-order chi connectivity index (χ0) is 15.0. The fourth-order valence-electron chi connectivity index (χ4n) is 2.48. The second-order valence-corrected chi connectivity index (χ2v) is 5.17. The average molecular weight is 279 g/mol. The third-order valence-electron chi connectivity index (χ3n) is 3.51. The lowest BCUT2D eigenvalue weighted by Gasteiger charge is -2.28. The van der Waals surface area contributed by atoms with E-state index >= 15 is 0 Å². The van der Waals surface area contributed by atoms with Crippen LogP contribution in [0.3, 0.4) is 0 Å². The smallest absolute Gasteiger partial charge is 0.161 e. The van der Waals surface area contributed by atoms with Crippen molar-refractivity contribution in [2.24, 2.45) is 0 Å². The van der Waals surface area contributed by atoms with Crippen LogP contribution in [0.15, 0.2) is 18.2 Å². The van der Waals surface area contributed by atoms with Crippen LogP contribution < -0.4 is 14.8 Å². The van der Waals surface area contributed by atoms with Gasteiger partial charge in [0.05, 0.1) is 7.11 Å². The van der Waals surface area contributed by atoms with Crippen LogP contribution in [-0.4, -0.2) is 25.8 Å². The Morgan fingerprint density at radius 3 is 2.45 bits per heavy atom. The summed E-state index contributed by atoms with van der Waals surface area (Å²) < 4.78 is 11.6. The molecule has 0 saturated heterocycles. The van der Waals surface area contributed by atoms with E-state index in [1.807, 2.05) is 12.1 Å². The summed E-state index contributed by atoms with van der Waals surface area (Å²) in [4.78, 5) is 0. The molecule has 0 amide bonds. The van der Waals surface area contributed by atoms with Crippen LogP contribution in [0.5, 0.6) is 11.5 Å². The Morgan fingerprint density at radius 2 is 1.90 bits per heavy atom. The fraction of sp³-hybridized carbons (Fsp3) is 0.647. The summed E-state index contributed by atoms with van der Waals surface area (Å²) in [5.74, 6) is 1.65. The molecule has 1 aromatic carbocycles. The van der Waals surface area contributed by atoms with Crippen molar-refractivity contribution >= 4 is 0 Å². The highest BCUT2D eigenvalue weighted by molar-refractivity contribution is 5.42. The molecule has 20 heavy (non-hydrogen) atoms. The molecule has 0 bridgehead atoms. The summed E-state index contributed by atoms with van der Waals surface area (Å²) in [6, 6.07) is 6.48. The van der Waals surface area contributed by atoms with Gasteiger partial charge in [0.1, 0.15) is 6.10 Å². The lowest BCUT2D eigenvalue weighted by Crippen LogP contribution is -2.42. The van der Waals surface area contributed by atoms with Gasteiger partial charge in [-0.2, -0.15) is 0 Å². The normalized spacial score (nSPS) is 13.8. The molecule has 2 unspecified atom stereocenters. The Labute approximate surface area is 123 Å². The van der Waals surface area contributed by atoms with E-state index in [-0.39, 0.29) is 6.10 Å². The minimum absolute atomic E-state index is 0.173. The first-order valence-corrected chi connectivity index (χ1v) is 7.70. The molecule has 0 aliphatic rings. The van der Waals surface area contributed by atoms with Gasteiger partial charge in [0.15, 0.2) is 11.5 Å². The molecule has 2 atom stereocenters. The Hall–Kier alpha value is -1.22. The molecule has 0 aromatic heterocycles. The van der Waals surface area contributed by atoms with Gasteiger partial charge < -0.3 is 14.8 Å². The highest BCUT2D eigenvalue weighted by atomic mass is 16.5. The molecular formula is C17H29NO2. The van der Waals surface area contributed by atoms with Crippen molar-refractivity contribution in [3.63, 3.8) is 0 Å². The van der Waals surface area contributed by atoms with Crippen molar-refractivity contribution in [1.82, 2.24) is 5.32 Å². The zero-order valence-electron chi connectivity index (χ0n) is 13.5. The van der Waals surface area contributed by atoms with E-state index in [2.05, 4.69) is 39.1 Å². The van der Waals surface area contributed by atoms with Crippen LogP contribution >= 0.6 is 0 Å². The molecular weight excluding hydrogens is 250 g/mol. The van der Waals surface area contributed by atoms with E-state index in [4.69, 9.17) is 9.47 Å². The number of aryl methyl sites for hydroxylation is 1. The van der Waals surface area contributed by atoms with Crippen LogP contribution in [0.4, 0.5) is 0 Å². The van der Waals surface area contributed by atoms with Gasteiger partial charge in [0, 0.05) is 6.04 Å². The maximum absolute atomic E-state index is 6.22. The van der Waals surface area contributed by atoms with Gasteiger partial charge in [-0.05, 0) is 44.0 Å². The number of ether oxygens (including phenoxy) is 2. The summed E-state index contributed by atoms with van der Waals surface area (Å²) in [5.41, 5.74) is 1.18. The Kier molecular flexibility index (Phi) is 7.45. The molecule has 0 aliphatic heterocycles. The number of nitrogens with one attached hydrogen (secondary N) is 1. The van der Waals surface area contributed by atoms with Gasteiger partial charge in [-0.25, -0.2) is 0 Å². The fourth-order valence-corrected chi connectivity index (χ4v) is 2.48. The molecule has 1 N–H and O–H groups in total. The summed E-state index contributed by atoms with van der Waals surface area (Å²) in [5, 5.41) is 3.54. The summed E-state index contributed by atoms with van der Waals surface area (Å²) in [6.45, 7) is 9.55. The predicted octanol–water partition coefficient (Wildman–Crippen LogP) is 3.94. The molecule has 0 heterocycles. The quantitative estimate of drug-likeness (QED) is 0.742. The van der Waals surface area contributed by atoms with E-state index in [9.17, 15) is 0 Å². The molecule has 0 spiro atoms. The number of methoxy groups -OCH3 is 1. The third kappa shape index (κ3) is 4.71. The van der Waals surface area contributed by atoms with Crippen LogP contribution in [0.1, 0.15) is 45.6 Å². The van der Waals surface area contributed by atoms with Crippen LogP contribution in [0.2, 0.25) is 0 Å². The zero-order valence-corrected chi connectivity index (χ0v) is 13.5. The second kappa shape index (κ2) is 8.85. The molecule has 114 valence electrons. The first-order chi connectivity index (χ1) is 9.65. The number of hydrogen-bond donors (Lipinski definition) is 1. The van der Waals surface area contributed by atoms with E-state index in [1.165, 1.54) is 5.56 Å². The average Bonchev–Trinajstić information content (AvgIpc) is 2.45. The van der Waals surface area contributed by atoms with Gasteiger partial charge in [-0.1, -0.05) is 33.3 Å². The van der Waals surface area contributed by atoms with E-state index in [0.717, 1.165) is 37.3 Å². The standard InChI is InChI=1S/C17H29NO2/c1-6-9-14(18-8-3)15(7-2)20-16-11-10-13(4)12-17(16)19-5/h10-12,14-15,18H,6-9H2,1-5H3. The van der Waals surface area contributed by atoms with Gasteiger partial charge in [0.25, 0.3) is 0 Å². The largest absolute Gasteiger partial charge is 0.493 e. The first kappa shape index (κ1) is 16.8. The van der Waals surface area contributed by atoms with Gasteiger partial charge in [-0.15, -0.1) is 0 Å². The second-order valence-electron chi connectivity index (χ2n) is 5.17. The first-order valence-electron chi connectivity index (χ1n) is 7.70. The van der Waals surface area contributed by atoms with E-state index in [0.29, 0.717) is 6.04 Å². The number of benzene rings is 1. The van der Waals surface area contributed by atoms with E-state index in [1.54, 1.807) is 7.11 Å². The van der Waals surface area contributed by atoms with Gasteiger partial charge in [-0.3, -0.25) is 0 Å². The van der Waals surface area contributed by atoms with Crippen molar-refractivity contribution in [3.05, 3.63) is 23.8 Å². The summed E-state index contributed by atoms with van der Waals surface area (Å²) in [7, 11) is 1.69. The Morgan fingerprint density at radius 1 is 1.15 bits per heavy atom. The summed E-state index contributed by atoms with van der Waals surface area (Å²) >= 11 is 0. The lowest BCUT2D eigenvalue weighted by molar-refractivity contribution is 0.138. The van der Waals surface area contributed by atoms with Crippen LogP contribution in [0.25, 0.3) is 0 Å². The van der Waals surface area contributed by atoms with Crippen LogP contribution in [0, 0.1) is 6.92 Å². The molecule has 0 radical (unpaired) electrons. The monoisotopic (exact) mass is 279 g/mol. The Balaban J connectivity index is 2.85. The maximum Gasteiger partial charge on any atom is 0.161 e. The highest BCUT2D eigenvalue weighted by Gasteiger charge is 2.21. The molecule has 3 nitrogen and oxygen atoms in total. The maximum atomic E-state index is 6.22. The minimum Gasteiger partial charge on any atom is -0.493 e. The minimum atomic E-state index is 0.173. The number of hydrogen-bond acceptors (Lipinski definition) is 3. The molecule has 0 saturated carbocycles. The van der Waals surface area contributed by atoms with Crippen molar-refractivity contribution in [1.29, 1.82) is 0 Å². The van der Waals surface area contributed by atoms with Crippen LogP contribution in [-0.2, 0) is 0 Å². The molecule has 1 rings (SSSR count). The Bertz CT molecular complexity index is 387. The van der Waals surface area contributed by atoms with Crippen molar-refractivity contribution in [3.8, 4) is 11.5 Å².